The van der Waals surface area contributed by atoms with Crippen molar-refractivity contribution < 1.29 is 9.15 Å². The molecular formula is C28H21N5O4S. The lowest BCUT2D eigenvalue weighted by atomic mass is 10.1. The van der Waals surface area contributed by atoms with Crippen molar-refractivity contribution in [2.45, 2.75) is 6.92 Å². The van der Waals surface area contributed by atoms with E-state index in [9.17, 15) is 9.59 Å². The molecule has 10 heteroatoms. The van der Waals surface area contributed by atoms with Gasteiger partial charge in [-0.25, -0.2) is 19.3 Å². The van der Waals surface area contributed by atoms with E-state index in [1.54, 1.807) is 60.5 Å². The van der Waals surface area contributed by atoms with Crippen molar-refractivity contribution in [1.29, 1.82) is 0 Å². The number of fused-ring (bicyclic) bond motifs is 1. The third-order valence-corrected chi connectivity index (χ3v) is 6.83. The Hall–Kier alpha value is -4.96. The van der Waals surface area contributed by atoms with Crippen LogP contribution in [0.3, 0.4) is 0 Å². The molecule has 0 aliphatic rings. The Morgan fingerprint density at radius 3 is 2.42 bits per heavy atom. The number of hydrogen-bond donors (Lipinski definition) is 0. The minimum Gasteiger partial charge on any atom is -0.497 e. The average Bonchev–Trinajstić information content (AvgIpc) is 3.47. The van der Waals surface area contributed by atoms with Gasteiger partial charge < -0.3 is 9.15 Å². The Labute approximate surface area is 219 Å². The van der Waals surface area contributed by atoms with Crippen LogP contribution in [0.1, 0.15) is 5.82 Å². The van der Waals surface area contributed by atoms with E-state index >= 15 is 0 Å². The molecule has 0 fully saturated rings. The molecule has 6 aromatic rings. The summed E-state index contributed by atoms with van der Waals surface area (Å²) in [6, 6.07) is 25.5. The maximum absolute atomic E-state index is 13.8. The number of rotatable bonds is 5. The summed E-state index contributed by atoms with van der Waals surface area (Å²) < 4.78 is 15.2. The highest BCUT2D eigenvalue weighted by Crippen LogP contribution is 2.23. The molecule has 0 aliphatic carbocycles. The van der Waals surface area contributed by atoms with Crippen LogP contribution in [0, 0.1) is 6.92 Å². The highest BCUT2D eigenvalue weighted by molar-refractivity contribution is 7.07. The second-order valence-corrected chi connectivity index (χ2v) is 9.24. The van der Waals surface area contributed by atoms with Gasteiger partial charge >= 0.3 is 11.3 Å². The van der Waals surface area contributed by atoms with E-state index in [1.807, 2.05) is 48.5 Å². The van der Waals surface area contributed by atoms with Crippen molar-refractivity contribution in [3.05, 3.63) is 122 Å². The predicted molar refractivity (Wildman–Crippen MR) is 145 cm³/mol. The van der Waals surface area contributed by atoms with Crippen LogP contribution in [0.25, 0.3) is 27.9 Å². The van der Waals surface area contributed by atoms with Crippen LogP contribution in [-0.2, 0) is 0 Å². The molecule has 6 rings (SSSR count). The fourth-order valence-corrected chi connectivity index (χ4v) is 5.07. The van der Waals surface area contributed by atoms with Gasteiger partial charge in [-0.3, -0.25) is 0 Å². The first-order valence-corrected chi connectivity index (χ1v) is 12.6. The van der Waals surface area contributed by atoms with E-state index in [0.29, 0.717) is 44.6 Å². The zero-order valence-corrected chi connectivity index (χ0v) is 21.3. The summed E-state index contributed by atoms with van der Waals surface area (Å²) in [5.41, 5.74) is 1.58. The van der Waals surface area contributed by atoms with Crippen LogP contribution in [0.2, 0.25) is 0 Å². The highest BCUT2D eigenvalue weighted by Gasteiger charge is 2.21. The van der Waals surface area contributed by atoms with E-state index in [0.717, 1.165) is 5.39 Å². The van der Waals surface area contributed by atoms with Gasteiger partial charge in [0.05, 0.1) is 29.7 Å². The maximum atomic E-state index is 13.8. The molecule has 38 heavy (non-hydrogen) atoms. The van der Waals surface area contributed by atoms with E-state index in [-0.39, 0.29) is 0 Å². The first-order valence-electron chi connectivity index (χ1n) is 11.7. The van der Waals surface area contributed by atoms with Crippen LogP contribution >= 0.6 is 11.3 Å². The molecule has 3 heterocycles. The fourth-order valence-electron chi connectivity index (χ4n) is 4.19. The van der Waals surface area contributed by atoms with Gasteiger partial charge in [0.2, 0.25) is 4.80 Å². The van der Waals surface area contributed by atoms with Crippen molar-refractivity contribution in [3.8, 4) is 22.7 Å². The minimum absolute atomic E-state index is 0.304. The molecule has 0 bridgehead atoms. The van der Waals surface area contributed by atoms with Gasteiger partial charge in [-0.15, -0.1) is 16.4 Å². The minimum atomic E-state index is -0.519. The summed E-state index contributed by atoms with van der Waals surface area (Å²) in [7, 11) is 1.58. The molecular weight excluding hydrogens is 502 g/mol. The number of nitrogens with zero attached hydrogens (tertiary/aromatic N) is 5. The van der Waals surface area contributed by atoms with Gasteiger partial charge in [0.1, 0.15) is 11.3 Å². The molecule has 0 amide bonds. The number of aromatic nitrogens is 4. The lowest BCUT2D eigenvalue weighted by Crippen LogP contribution is -2.35. The van der Waals surface area contributed by atoms with Crippen LogP contribution < -0.4 is 20.9 Å². The largest absolute Gasteiger partial charge is 0.497 e. The summed E-state index contributed by atoms with van der Waals surface area (Å²) in [6.45, 7) is 1.73. The molecule has 0 N–H and O–H groups in total. The van der Waals surface area contributed by atoms with Gasteiger partial charge in [0.15, 0.2) is 5.82 Å². The van der Waals surface area contributed by atoms with E-state index in [2.05, 4.69) is 5.10 Å². The number of ether oxygens (including phenoxy) is 1. The molecule has 3 aromatic carbocycles. The van der Waals surface area contributed by atoms with Crippen LogP contribution in [0.15, 0.2) is 109 Å². The van der Waals surface area contributed by atoms with Gasteiger partial charge in [-0.1, -0.05) is 36.4 Å². The number of methoxy groups -OCH3 is 1. The average molecular weight is 524 g/mol. The second-order valence-electron chi connectivity index (χ2n) is 8.40. The SMILES string of the molecule is COc1ccc(-n2nc(C)n(-n3c(-c4cc5ccccc5oc4=O)csc3=Nc3ccccc3)c2=O)cc1. The number of para-hydroxylation sites is 2. The zero-order chi connectivity index (χ0) is 26.2. The summed E-state index contributed by atoms with van der Waals surface area (Å²) in [6.07, 6.45) is 0. The standard InChI is InChI=1S/C28H21N5O4S/c1-18-30-31(21-12-14-22(36-2)15-13-21)28(35)32(18)33-24(17-38-27(33)29-20-9-4-3-5-10-20)23-16-19-8-6-7-11-25(19)37-26(23)34/h3-17H,1-2H3. The lowest BCUT2D eigenvalue weighted by molar-refractivity contribution is 0.414. The second kappa shape index (κ2) is 9.49. The Balaban J connectivity index is 1.63. The molecule has 188 valence electrons. The zero-order valence-electron chi connectivity index (χ0n) is 20.4. The first-order chi connectivity index (χ1) is 18.5. The van der Waals surface area contributed by atoms with Gasteiger partial charge in [-0.05, 0) is 55.5 Å². The molecule has 3 aromatic heterocycles. The fraction of sp³-hybridized carbons (Fsp3) is 0.0714. The van der Waals surface area contributed by atoms with Crippen LogP contribution in [0.5, 0.6) is 5.75 Å². The lowest BCUT2D eigenvalue weighted by Gasteiger charge is -2.10. The smallest absolute Gasteiger partial charge is 0.370 e. The van der Waals surface area contributed by atoms with E-state index in [1.165, 1.54) is 20.7 Å². The summed E-state index contributed by atoms with van der Waals surface area (Å²) >= 11 is 1.30. The van der Waals surface area contributed by atoms with Crippen molar-refractivity contribution in [3.63, 3.8) is 0 Å². The monoisotopic (exact) mass is 523 g/mol. The Kier molecular flexibility index (Phi) is 5.85. The van der Waals surface area contributed by atoms with Crippen LogP contribution in [0.4, 0.5) is 5.69 Å². The summed E-state index contributed by atoms with van der Waals surface area (Å²) in [5.74, 6) is 1.07. The quantitative estimate of drug-likeness (QED) is 0.309. The normalized spacial score (nSPS) is 11.8. The number of aryl methyl sites for hydroxylation is 1. The Morgan fingerprint density at radius 1 is 0.921 bits per heavy atom. The Morgan fingerprint density at radius 2 is 1.66 bits per heavy atom. The molecule has 0 spiro atoms. The summed E-state index contributed by atoms with van der Waals surface area (Å²) in [5, 5.41) is 7.07. The van der Waals surface area contributed by atoms with Gasteiger partial charge in [0.25, 0.3) is 0 Å². The van der Waals surface area contributed by atoms with E-state index in [4.69, 9.17) is 14.1 Å². The van der Waals surface area contributed by atoms with E-state index < -0.39 is 11.3 Å². The number of benzene rings is 3. The Bertz CT molecular complexity index is 1960. The van der Waals surface area contributed by atoms with Crippen molar-refractivity contribution in [2.24, 2.45) is 4.99 Å². The van der Waals surface area contributed by atoms with Gasteiger partial charge in [0, 0.05) is 10.8 Å². The molecule has 0 saturated carbocycles. The molecule has 0 radical (unpaired) electrons. The van der Waals surface area contributed by atoms with Gasteiger partial charge in [-0.2, -0.15) is 9.36 Å². The molecule has 0 unspecified atom stereocenters. The van der Waals surface area contributed by atoms with Crippen LogP contribution in [-0.4, -0.2) is 26.2 Å². The number of thiazole rings is 1. The van der Waals surface area contributed by atoms with Crippen molar-refractivity contribution in [2.75, 3.05) is 7.11 Å². The van der Waals surface area contributed by atoms with Crippen molar-refractivity contribution in [1.82, 2.24) is 19.1 Å². The maximum Gasteiger partial charge on any atom is 0.370 e. The topological polar surface area (TPSA) is 96.6 Å². The molecule has 0 atom stereocenters. The highest BCUT2D eigenvalue weighted by atomic mass is 32.1. The third-order valence-electron chi connectivity index (χ3n) is 6.01. The molecule has 0 aliphatic heterocycles. The predicted octanol–water partition coefficient (Wildman–Crippen LogP) is 4.53. The first kappa shape index (κ1) is 23.4. The third kappa shape index (κ3) is 4.06. The van der Waals surface area contributed by atoms with Crippen molar-refractivity contribution >= 4 is 28.0 Å². The number of hydrogen-bond acceptors (Lipinski definition) is 7. The molecule has 9 nitrogen and oxygen atoms in total. The molecule has 0 saturated heterocycles. The summed E-state index contributed by atoms with van der Waals surface area (Å²) in [4.78, 5) is 32.2.